The van der Waals surface area contributed by atoms with Gasteiger partial charge < -0.3 is 10.6 Å². The molecule has 1 amide bonds. The molecule has 5 heteroatoms. The number of piperidine rings is 1. The molecular weight excluding hydrogens is 306 g/mol. The number of carbonyl (C=O) groups is 1. The van der Waals surface area contributed by atoms with Crippen molar-refractivity contribution >= 4 is 27.5 Å². The average molecular weight is 322 g/mol. The number of nitriles is 1. The van der Waals surface area contributed by atoms with Gasteiger partial charge >= 0.3 is 0 Å². The van der Waals surface area contributed by atoms with Crippen LogP contribution in [0.25, 0.3) is 0 Å². The van der Waals surface area contributed by atoms with Crippen molar-refractivity contribution in [1.29, 1.82) is 5.26 Å². The molecule has 0 spiro atoms. The predicted octanol–water partition coefficient (Wildman–Crippen LogP) is 2.41. The molecule has 1 aromatic rings. The minimum absolute atomic E-state index is 0.247. The van der Waals surface area contributed by atoms with Crippen molar-refractivity contribution in [2.24, 2.45) is 11.7 Å². The van der Waals surface area contributed by atoms with Crippen molar-refractivity contribution in [3.63, 3.8) is 0 Å². The quantitative estimate of drug-likeness (QED) is 0.929. The van der Waals surface area contributed by atoms with Gasteiger partial charge in [-0.15, -0.1) is 0 Å². The molecule has 0 unspecified atom stereocenters. The van der Waals surface area contributed by atoms with Gasteiger partial charge in [-0.1, -0.05) is 15.9 Å². The summed E-state index contributed by atoms with van der Waals surface area (Å²) in [4.78, 5) is 13.2. The minimum Gasteiger partial charge on any atom is -0.370 e. The Labute approximate surface area is 121 Å². The number of primary amides is 1. The Morgan fingerprint density at radius 3 is 3.05 bits per heavy atom. The summed E-state index contributed by atoms with van der Waals surface area (Å²) in [5.41, 5.74) is 6.87. The van der Waals surface area contributed by atoms with Gasteiger partial charge in [-0.2, -0.15) is 5.26 Å². The van der Waals surface area contributed by atoms with E-state index in [1.54, 1.807) is 0 Å². The van der Waals surface area contributed by atoms with Gasteiger partial charge in [-0.25, -0.2) is 0 Å². The molecule has 1 aromatic carbocycles. The van der Waals surface area contributed by atoms with E-state index in [2.05, 4.69) is 26.9 Å². The van der Waals surface area contributed by atoms with Crippen LogP contribution in [0.3, 0.4) is 0 Å². The lowest BCUT2D eigenvalue weighted by atomic mass is 9.94. The third-order valence-corrected chi connectivity index (χ3v) is 3.92. The van der Waals surface area contributed by atoms with Gasteiger partial charge in [0.25, 0.3) is 0 Å². The number of nitrogens with two attached hydrogens (primary N) is 1. The molecule has 0 saturated carbocycles. The highest BCUT2D eigenvalue weighted by Gasteiger charge is 2.23. The Hall–Kier alpha value is -1.54. The number of anilines is 1. The van der Waals surface area contributed by atoms with Gasteiger partial charge in [-0.3, -0.25) is 4.79 Å². The van der Waals surface area contributed by atoms with E-state index in [0.29, 0.717) is 17.9 Å². The SMILES string of the molecule is N#Cc1cc(Br)ccc1N1CCC[C@H](CC(N)=O)C1. The number of rotatable bonds is 3. The average Bonchev–Trinajstić information content (AvgIpc) is 2.38. The highest BCUT2D eigenvalue weighted by Crippen LogP contribution is 2.29. The third kappa shape index (κ3) is 3.48. The number of halogens is 1. The molecule has 0 radical (unpaired) electrons. The summed E-state index contributed by atoms with van der Waals surface area (Å²) in [6.07, 6.45) is 2.48. The van der Waals surface area contributed by atoms with Gasteiger partial charge in [0.05, 0.1) is 11.3 Å². The third-order valence-electron chi connectivity index (χ3n) is 3.43. The highest BCUT2D eigenvalue weighted by molar-refractivity contribution is 9.10. The molecular formula is C14H16BrN3O. The van der Waals surface area contributed by atoms with Crippen LogP contribution in [0.5, 0.6) is 0 Å². The Balaban J connectivity index is 2.17. The number of hydrogen-bond donors (Lipinski definition) is 1. The minimum atomic E-state index is -0.247. The van der Waals surface area contributed by atoms with Crippen LogP contribution in [0.2, 0.25) is 0 Å². The molecule has 1 aliphatic heterocycles. The van der Waals surface area contributed by atoms with E-state index in [9.17, 15) is 10.1 Å². The standard InChI is InChI=1S/C14H16BrN3O/c15-12-3-4-13(11(7-12)8-16)18-5-1-2-10(9-18)6-14(17)19/h3-4,7,10H,1-2,5-6,9H2,(H2,17,19)/t10-/m1/s1. The lowest BCUT2D eigenvalue weighted by Gasteiger charge is -2.34. The summed E-state index contributed by atoms with van der Waals surface area (Å²) in [5, 5.41) is 9.21. The summed E-state index contributed by atoms with van der Waals surface area (Å²) < 4.78 is 0.901. The molecule has 100 valence electrons. The summed E-state index contributed by atoms with van der Waals surface area (Å²) in [6.45, 7) is 1.71. The van der Waals surface area contributed by atoms with Crippen LogP contribution < -0.4 is 10.6 Å². The molecule has 0 aliphatic carbocycles. The largest absolute Gasteiger partial charge is 0.370 e. The fraction of sp³-hybridized carbons (Fsp3) is 0.429. The molecule has 0 aromatic heterocycles. The normalized spacial score (nSPS) is 18.9. The smallest absolute Gasteiger partial charge is 0.217 e. The van der Waals surface area contributed by atoms with Gasteiger partial charge in [0, 0.05) is 24.0 Å². The second-order valence-corrected chi connectivity index (χ2v) is 5.81. The van der Waals surface area contributed by atoms with Crippen LogP contribution in [0.15, 0.2) is 22.7 Å². The number of carbonyl (C=O) groups excluding carboxylic acids is 1. The van der Waals surface area contributed by atoms with Gasteiger partial charge in [0.15, 0.2) is 0 Å². The lowest BCUT2D eigenvalue weighted by Crippen LogP contribution is -2.37. The zero-order valence-corrected chi connectivity index (χ0v) is 12.2. The fourth-order valence-electron chi connectivity index (χ4n) is 2.61. The van der Waals surface area contributed by atoms with E-state index in [-0.39, 0.29) is 5.91 Å². The van der Waals surface area contributed by atoms with Crippen LogP contribution >= 0.6 is 15.9 Å². The molecule has 1 atom stereocenters. The molecule has 4 nitrogen and oxygen atoms in total. The summed E-state index contributed by atoms with van der Waals surface area (Å²) in [5.74, 6) is 0.0459. The maximum Gasteiger partial charge on any atom is 0.217 e. The van der Waals surface area contributed by atoms with Crippen LogP contribution in [0, 0.1) is 17.2 Å². The number of amides is 1. The summed E-state index contributed by atoms with van der Waals surface area (Å²) in [7, 11) is 0. The number of hydrogen-bond acceptors (Lipinski definition) is 3. The summed E-state index contributed by atoms with van der Waals surface area (Å²) in [6, 6.07) is 7.94. The Morgan fingerprint density at radius 1 is 1.58 bits per heavy atom. The predicted molar refractivity (Wildman–Crippen MR) is 77.6 cm³/mol. The molecule has 19 heavy (non-hydrogen) atoms. The van der Waals surface area contributed by atoms with Crippen molar-refractivity contribution < 1.29 is 4.79 Å². The van der Waals surface area contributed by atoms with E-state index < -0.39 is 0 Å². The number of benzene rings is 1. The maximum atomic E-state index is 11.0. The molecule has 1 heterocycles. The van der Waals surface area contributed by atoms with Crippen LogP contribution in [-0.2, 0) is 4.79 Å². The van der Waals surface area contributed by atoms with Crippen molar-refractivity contribution in [2.45, 2.75) is 19.3 Å². The second-order valence-electron chi connectivity index (χ2n) is 4.90. The van der Waals surface area contributed by atoms with Gasteiger partial charge in [-0.05, 0) is 37.0 Å². The van der Waals surface area contributed by atoms with Crippen LogP contribution in [-0.4, -0.2) is 19.0 Å². The van der Waals surface area contributed by atoms with E-state index >= 15 is 0 Å². The van der Waals surface area contributed by atoms with E-state index in [0.717, 1.165) is 36.1 Å². The molecule has 0 bridgehead atoms. The van der Waals surface area contributed by atoms with Crippen molar-refractivity contribution in [3.8, 4) is 6.07 Å². The van der Waals surface area contributed by atoms with Crippen LogP contribution in [0.1, 0.15) is 24.8 Å². The zero-order valence-electron chi connectivity index (χ0n) is 10.6. The van der Waals surface area contributed by atoms with Gasteiger partial charge in [0.1, 0.15) is 6.07 Å². The number of nitrogens with zero attached hydrogens (tertiary/aromatic N) is 2. The monoisotopic (exact) mass is 321 g/mol. The van der Waals surface area contributed by atoms with E-state index in [1.165, 1.54) is 0 Å². The van der Waals surface area contributed by atoms with Crippen molar-refractivity contribution in [1.82, 2.24) is 0 Å². The fourth-order valence-corrected chi connectivity index (χ4v) is 2.97. The Bertz CT molecular complexity index is 524. The lowest BCUT2D eigenvalue weighted by molar-refractivity contribution is -0.118. The topological polar surface area (TPSA) is 70.1 Å². The molecule has 1 aliphatic rings. The van der Waals surface area contributed by atoms with Crippen molar-refractivity contribution in [2.75, 3.05) is 18.0 Å². The molecule has 2 N–H and O–H groups in total. The zero-order chi connectivity index (χ0) is 13.8. The highest BCUT2D eigenvalue weighted by atomic mass is 79.9. The van der Waals surface area contributed by atoms with Gasteiger partial charge in [0.2, 0.25) is 5.91 Å². The Kier molecular flexibility index (Phi) is 4.43. The van der Waals surface area contributed by atoms with E-state index in [1.807, 2.05) is 18.2 Å². The van der Waals surface area contributed by atoms with E-state index in [4.69, 9.17) is 5.73 Å². The summed E-state index contributed by atoms with van der Waals surface area (Å²) >= 11 is 3.37. The first kappa shape index (κ1) is 13.9. The maximum absolute atomic E-state index is 11.0. The molecule has 1 saturated heterocycles. The molecule has 2 rings (SSSR count). The first-order chi connectivity index (χ1) is 9.10. The Morgan fingerprint density at radius 2 is 2.37 bits per heavy atom. The second kappa shape index (κ2) is 6.07. The van der Waals surface area contributed by atoms with Crippen molar-refractivity contribution in [3.05, 3.63) is 28.2 Å². The first-order valence-electron chi connectivity index (χ1n) is 6.33. The first-order valence-corrected chi connectivity index (χ1v) is 7.12. The molecule has 1 fully saturated rings. The van der Waals surface area contributed by atoms with Crippen LogP contribution in [0.4, 0.5) is 5.69 Å².